The Hall–Kier alpha value is -0.610. The fourth-order valence-corrected chi connectivity index (χ4v) is 4.04. The first-order valence-corrected chi connectivity index (χ1v) is 9.40. The zero-order valence-corrected chi connectivity index (χ0v) is 16.8. The Kier molecular flexibility index (Phi) is 10.2. The van der Waals surface area contributed by atoms with E-state index in [2.05, 4.69) is 15.2 Å². The molecule has 0 aliphatic carbocycles. The average molecular weight is 432 g/mol. The predicted octanol–water partition coefficient (Wildman–Crippen LogP) is 1.86. The third kappa shape index (κ3) is 6.23. The van der Waals surface area contributed by atoms with Crippen LogP contribution in [0.2, 0.25) is 0 Å². The third-order valence-electron chi connectivity index (χ3n) is 4.47. The van der Waals surface area contributed by atoms with Crippen molar-refractivity contribution in [2.45, 2.75) is 25.6 Å². The minimum absolute atomic E-state index is 0. The van der Waals surface area contributed by atoms with Gasteiger partial charge in [-0.05, 0) is 0 Å². The van der Waals surface area contributed by atoms with E-state index in [1.54, 1.807) is 0 Å². The molecule has 0 radical (unpaired) electrons. The van der Waals surface area contributed by atoms with Gasteiger partial charge in [0.25, 0.3) is 0 Å². The molecule has 26 heavy (non-hydrogen) atoms. The lowest BCUT2D eigenvalue weighted by atomic mass is 10.2. The van der Waals surface area contributed by atoms with E-state index in [9.17, 15) is 13.6 Å². The normalized spacial score (nSPS) is 21.2. The van der Waals surface area contributed by atoms with Crippen molar-refractivity contribution < 1.29 is 13.6 Å². The molecule has 1 amide bonds. The lowest BCUT2D eigenvalue weighted by Crippen LogP contribution is -2.50. The highest BCUT2D eigenvalue weighted by Gasteiger charge is 2.25. The molecule has 2 saturated heterocycles. The van der Waals surface area contributed by atoms with Crippen molar-refractivity contribution >= 4 is 42.5 Å². The summed E-state index contributed by atoms with van der Waals surface area (Å²) >= 11 is 1.89. The van der Waals surface area contributed by atoms with E-state index < -0.39 is 6.55 Å². The van der Waals surface area contributed by atoms with Gasteiger partial charge in [-0.25, -0.2) is 4.98 Å². The second-order valence-electron chi connectivity index (χ2n) is 6.12. The van der Waals surface area contributed by atoms with Gasteiger partial charge in [0.15, 0.2) is 0 Å². The molecule has 1 aromatic heterocycles. The maximum absolute atomic E-state index is 12.8. The van der Waals surface area contributed by atoms with Crippen molar-refractivity contribution in [2.24, 2.45) is 0 Å². The Morgan fingerprint density at radius 2 is 2.04 bits per heavy atom. The molecule has 3 rings (SSSR count). The van der Waals surface area contributed by atoms with E-state index in [0.29, 0.717) is 45.0 Å². The first kappa shape index (κ1) is 23.4. The molecule has 11 heteroatoms. The van der Waals surface area contributed by atoms with Crippen LogP contribution in [0.3, 0.4) is 0 Å². The average Bonchev–Trinajstić information content (AvgIpc) is 3.05. The van der Waals surface area contributed by atoms with Crippen LogP contribution in [0.25, 0.3) is 0 Å². The van der Waals surface area contributed by atoms with E-state index >= 15 is 0 Å². The summed E-state index contributed by atoms with van der Waals surface area (Å²) in [6, 6.07) is 0.271. The number of halogens is 4. The Morgan fingerprint density at radius 1 is 1.31 bits per heavy atom. The number of rotatable bonds is 5. The van der Waals surface area contributed by atoms with Crippen LogP contribution in [0, 0.1) is 0 Å². The number of alkyl halides is 2. The highest BCUT2D eigenvalue weighted by Crippen LogP contribution is 2.16. The lowest BCUT2D eigenvalue weighted by Gasteiger charge is -2.35. The van der Waals surface area contributed by atoms with Gasteiger partial charge in [0.1, 0.15) is 5.82 Å². The number of piperazine rings is 1. The summed E-state index contributed by atoms with van der Waals surface area (Å²) in [5.74, 6) is 2.65. The molecule has 2 fully saturated rings. The van der Waals surface area contributed by atoms with Crippen LogP contribution in [0.15, 0.2) is 12.4 Å². The molecule has 2 aliphatic rings. The summed E-state index contributed by atoms with van der Waals surface area (Å²) in [6.45, 7) is 1.46. The van der Waals surface area contributed by atoms with Crippen LogP contribution >= 0.6 is 36.6 Å². The number of nitrogens with one attached hydrogen (secondary N) is 1. The lowest BCUT2D eigenvalue weighted by molar-refractivity contribution is -0.133. The van der Waals surface area contributed by atoms with Gasteiger partial charge >= 0.3 is 6.55 Å². The first-order chi connectivity index (χ1) is 11.6. The number of carbonyl (C=O) groups is 1. The summed E-state index contributed by atoms with van der Waals surface area (Å²) in [5, 5.41) is 3.38. The Bertz CT molecular complexity index is 552. The molecule has 1 N–H and O–H groups in total. The van der Waals surface area contributed by atoms with Crippen molar-refractivity contribution in [3.63, 3.8) is 0 Å². The van der Waals surface area contributed by atoms with Gasteiger partial charge in [-0.1, -0.05) is 0 Å². The van der Waals surface area contributed by atoms with E-state index in [0.717, 1.165) is 22.6 Å². The number of amides is 1. The molecule has 150 valence electrons. The first-order valence-electron chi connectivity index (χ1n) is 8.24. The predicted molar refractivity (Wildman–Crippen MR) is 104 cm³/mol. The van der Waals surface area contributed by atoms with Crippen molar-refractivity contribution in [1.82, 2.24) is 24.7 Å². The summed E-state index contributed by atoms with van der Waals surface area (Å²) in [4.78, 5) is 20.3. The van der Waals surface area contributed by atoms with Crippen LogP contribution in [0.5, 0.6) is 0 Å². The molecule has 1 unspecified atom stereocenters. The fourth-order valence-electron chi connectivity index (χ4n) is 3.09. The standard InChI is InChI=1S/C15H23F2N5OS.2ClH/c16-15(17)22-3-1-19-13(22)10-20-4-6-21(7-5-20)14(23)9-12-11-24-8-2-18-12;;/h1,3,12,15,18H,2,4-11H2;2*1H. The molecule has 0 saturated carbocycles. The van der Waals surface area contributed by atoms with E-state index in [-0.39, 0.29) is 36.8 Å². The summed E-state index contributed by atoms with van der Waals surface area (Å²) in [5.41, 5.74) is 0. The van der Waals surface area contributed by atoms with E-state index in [1.807, 2.05) is 16.7 Å². The topological polar surface area (TPSA) is 53.4 Å². The van der Waals surface area contributed by atoms with Crippen LogP contribution in [0.4, 0.5) is 8.78 Å². The summed E-state index contributed by atoms with van der Waals surface area (Å²) in [7, 11) is 0. The quantitative estimate of drug-likeness (QED) is 0.770. The molecule has 0 bridgehead atoms. The third-order valence-corrected chi connectivity index (χ3v) is 5.60. The number of hydrogen-bond donors (Lipinski definition) is 1. The number of carbonyl (C=O) groups excluding carboxylic acids is 1. The number of imidazole rings is 1. The van der Waals surface area contributed by atoms with Gasteiger partial charge in [0.05, 0.1) is 6.54 Å². The van der Waals surface area contributed by atoms with Crippen molar-refractivity contribution in [3.8, 4) is 0 Å². The molecule has 0 aromatic carbocycles. The van der Waals surface area contributed by atoms with Gasteiger partial charge in [-0.15, -0.1) is 24.8 Å². The molecule has 0 spiro atoms. The molecule has 1 aromatic rings. The minimum atomic E-state index is -2.56. The minimum Gasteiger partial charge on any atom is -0.340 e. The monoisotopic (exact) mass is 431 g/mol. The molecule has 6 nitrogen and oxygen atoms in total. The molecule has 1 atom stereocenters. The summed E-state index contributed by atoms with van der Waals surface area (Å²) in [6.07, 6.45) is 3.24. The summed E-state index contributed by atoms with van der Waals surface area (Å²) < 4.78 is 26.6. The molecular weight excluding hydrogens is 407 g/mol. The highest BCUT2D eigenvalue weighted by atomic mass is 35.5. The van der Waals surface area contributed by atoms with Gasteiger partial charge in [-0.3, -0.25) is 14.3 Å². The zero-order valence-electron chi connectivity index (χ0n) is 14.4. The van der Waals surface area contributed by atoms with Gasteiger partial charge in [-0.2, -0.15) is 20.5 Å². The zero-order chi connectivity index (χ0) is 16.9. The van der Waals surface area contributed by atoms with E-state index in [1.165, 1.54) is 12.4 Å². The second-order valence-corrected chi connectivity index (χ2v) is 7.27. The number of nitrogens with zero attached hydrogens (tertiary/aromatic N) is 4. The van der Waals surface area contributed by atoms with Gasteiger partial charge in [0.2, 0.25) is 5.91 Å². The molecule has 3 heterocycles. The van der Waals surface area contributed by atoms with Crippen LogP contribution in [-0.2, 0) is 11.3 Å². The Labute approximate surface area is 168 Å². The van der Waals surface area contributed by atoms with Crippen molar-refractivity contribution in [2.75, 3.05) is 44.2 Å². The van der Waals surface area contributed by atoms with Crippen LogP contribution in [-0.4, -0.2) is 75.5 Å². The van der Waals surface area contributed by atoms with Gasteiger partial charge < -0.3 is 10.2 Å². The molecule has 2 aliphatic heterocycles. The fraction of sp³-hybridized carbons (Fsp3) is 0.733. The number of aromatic nitrogens is 2. The van der Waals surface area contributed by atoms with E-state index in [4.69, 9.17) is 0 Å². The Balaban J connectivity index is 0.00000169. The number of hydrogen-bond acceptors (Lipinski definition) is 5. The SMILES string of the molecule is Cl.Cl.O=C(CC1CSCCN1)N1CCN(Cc2nccn2C(F)F)CC1. The maximum Gasteiger partial charge on any atom is 0.319 e. The number of thioether (sulfide) groups is 1. The van der Waals surface area contributed by atoms with Gasteiger partial charge in [0, 0.05) is 69.1 Å². The van der Waals surface area contributed by atoms with Crippen LogP contribution < -0.4 is 5.32 Å². The van der Waals surface area contributed by atoms with Crippen molar-refractivity contribution in [1.29, 1.82) is 0 Å². The smallest absolute Gasteiger partial charge is 0.319 e. The molecular formula is C15H25Cl2F2N5OS. The largest absolute Gasteiger partial charge is 0.340 e. The highest BCUT2D eigenvalue weighted by molar-refractivity contribution is 7.99. The van der Waals surface area contributed by atoms with Crippen molar-refractivity contribution in [3.05, 3.63) is 18.2 Å². The Morgan fingerprint density at radius 3 is 2.65 bits per heavy atom. The second kappa shape index (κ2) is 11.3. The van der Waals surface area contributed by atoms with Crippen LogP contribution in [0.1, 0.15) is 18.8 Å². The maximum atomic E-state index is 12.8.